The van der Waals surface area contributed by atoms with Gasteiger partial charge in [-0.3, -0.25) is 18.8 Å². The van der Waals surface area contributed by atoms with E-state index in [1.54, 1.807) is 12.1 Å². The van der Waals surface area contributed by atoms with E-state index in [-0.39, 0.29) is 24.4 Å². The third kappa shape index (κ3) is 6.16. The maximum absolute atomic E-state index is 15.0. The normalized spacial score (nSPS) is 16.9. The number of nitrogens with zero attached hydrogens (tertiary/aromatic N) is 3. The largest absolute Gasteiger partial charge is 0.416 e. The van der Waals surface area contributed by atoms with Crippen molar-refractivity contribution >= 4 is 11.6 Å². The monoisotopic (exact) mass is 656 g/mol. The number of likely N-dealkylation sites (tertiary alicyclic amines) is 1. The molecule has 0 radical (unpaired) electrons. The zero-order valence-electron chi connectivity index (χ0n) is 25.1. The Morgan fingerprint density at radius 1 is 0.978 bits per heavy atom. The molecule has 2 aliphatic heterocycles. The summed E-state index contributed by atoms with van der Waals surface area (Å²) in [7, 11) is 0. The molecule has 4 aromatic rings. The predicted molar refractivity (Wildman–Crippen MR) is 166 cm³/mol. The maximum atomic E-state index is 15.0. The summed E-state index contributed by atoms with van der Waals surface area (Å²) in [6.45, 7) is 2.49. The number of aromatic nitrogens is 2. The van der Waals surface area contributed by atoms with Gasteiger partial charge in [-0.15, -0.1) is 0 Å². The topological polar surface area (TPSA) is 82.5 Å². The van der Waals surface area contributed by atoms with Gasteiger partial charge < -0.3 is 10.5 Å². The van der Waals surface area contributed by atoms with Crippen molar-refractivity contribution in [2.75, 3.05) is 13.1 Å². The Bertz CT molecular complexity index is 1900. The van der Waals surface area contributed by atoms with E-state index >= 15 is 4.39 Å². The van der Waals surface area contributed by atoms with E-state index < -0.39 is 52.6 Å². The minimum Gasteiger partial charge on any atom is -0.364 e. The second-order valence-electron chi connectivity index (χ2n) is 12.1. The van der Waals surface area contributed by atoms with Crippen LogP contribution in [0.4, 0.5) is 17.6 Å². The highest BCUT2D eigenvalue weighted by molar-refractivity contribution is 6.30. The number of hydrogen-bond donors (Lipinski definition) is 1. The molecule has 3 aromatic carbocycles. The van der Waals surface area contributed by atoms with E-state index in [0.29, 0.717) is 43.1 Å². The second kappa shape index (κ2) is 12.4. The molecule has 1 fully saturated rings. The zero-order valence-corrected chi connectivity index (χ0v) is 25.9. The zero-order chi connectivity index (χ0) is 32.8. The van der Waals surface area contributed by atoms with Crippen LogP contribution in [0.1, 0.15) is 58.0 Å². The lowest BCUT2D eigenvalue weighted by atomic mass is 9.85. The van der Waals surface area contributed by atoms with Gasteiger partial charge in [-0.25, -0.2) is 9.18 Å². The van der Waals surface area contributed by atoms with Crippen molar-refractivity contribution < 1.29 is 22.3 Å². The molecule has 242 valence electrons. The molecule has 1 atom stereocenters. The van der Waals surface area contributed by atoms with Crippen molar-refractivity contribution in [2.45, 2.75) is 63.8 Å². The molecule has 3 heterocycles. The quantitative estimate of drug-likeness (QED) is 0.251. The van der Waals surface area contributed by atoms with Crippen LogP contribution in [0.5, 0.6) is 0 Å². The van der Waals surface area contributed by atoms with Gasteiger partial charge in [-0.2, -0.15) is 13.2 Å². The molecule has 0 bridgehead atoms. The van der Waals surface area contributed by atoms with Crippen LogP contribution in [0, 0.1) is 12.7 Å². The fraction of sp³-hybridized carbons (Fsp3) is 0.353. The lowest BCUT2D eigenvalue weighted by Crippen LogP contribution is -2.49. The van der Waals surface area contributed by atoms with Crippen molar-refractivity contribution in [2.24, 2.45) is 5.73 Å². The smallest absolute Gasteiger partial charge is 0.364 e. The summed E-state index contributed by atoms with van der Waals surface area (Å²) in [5, 5.41) is 0.630. The van der Waals surface area contributed by atoms with Crippen LogP contribution in [-0.2, 0) is 42.8 Å². The third-order valence-corrected chi connectivity index (χ3v) is 9.26. The first kappa shape index (κ1) is 32.2. The highest BCUT2D eigenvalue weighted by atomic mass is 35.5. The molecule has 6 rings (SSSR count). The molecule has 0 saturated carbocycles. The van der Waals surface area contributed by atoms with E-state index in [0.717, 1.165) is 38.5 Å². The Kier molecular flexibility index (Phi) is 8.71. The fourth-order valence-electron chi connectivity index (χ4n) is 6.66. The first-order chi connectivity index (χ1) is 21.9. The van der Waals surface area contributed by atoms with Crippen LogP contribution >= 0.6 is 11.6 Å². The number of ether oxygens (including phenoxy) is 1. The van der Waals surface area contributed by atoms with E-state index in [9.17, 15) is 22.8 Å². The first-order valence-electron chi connectivity index (χ1n) is 15.0. The van der Waals surface area contributed by atoms with Gasteiger partial charge in [0.2, 0.25) is 0 Å². The molecule has 2 aliphatic rings. The van der Waals surface area contributed by atoms with E-state index in [1.807, 2.05) is 43.3 Å². The minimum atomic E-state index is -4.86. The summed E-state index contributed by atoms with van der Waals surface area (Å²) in [5.74, 6) is -1.10. The van der Waals surface area contributed by atoms with Crippen LogP contribution in [0.3, 0.4) is 0 Å². The SMILES string of the molecule is Cc1cccc(C(N)Cn2c(=O)c3c(n(Cc4c(F)cccc4C(F)(F)F)c2=O)COC32CCN(Cc3cccc(Cl)c3)CC2)c1. The second-order valence-corrected chi connectivity index (χ2v) is 12.5. The number of benzene rings is 3. The average molecular weight is 657 g/mol. The Morgan fingerprint density at radius 3 is 2.39 bits per heavy atom. The number of hydrogen-bond acceptors (Lipinski definition) is 5. The van der Waals surface area contributed by atoms with Crippen molar-refractivity contribution in [3.63, 3.8) is 0 Å². The highest BCUT2D eigenvalue weighted by Crippen LogP contribution is 2.43. The van der Waals surface area contributed by atoms with Crippen molar-refractivity contribution in [1.82, 2.24) is 14.0 Å². The summed E-state index contributed by atoms with van der Waals surface area (Å²) in [4.78, 5) is 30.4. The molecule has 12 heteroatoms. The van der Waals surface area contributed by atoms with E-state index in [4.69, 9.17) is 22.1 Å². The average Bonchev–Trinajstić information content (AvgIpc) is 3.37. The summed E-state index contributed by atoms with van der Waals surface area (Å²) < 4.78 is 65.3. The summed E-state index contributed by atoms with van der Waals surface area (Å²) >= 11 is 6.16. The number of rotatable bonds is 7. The van der Waals surface area contributed by atoms with Gasteiger partial charge in [-0.1, -0.05) is 59.6 Å². The third-order valence-electron chi connectivity index (χ3n) is 9.03. The maximum Gasteiger partial charge on any atom is 0.416 e. The van der Waals surface area contributed by atoms with Crippen molar-refractivity contribution in [3.8, 4) is 0 Å². The predicted octanol–water partition coefficient (Wildman–Crippen LogP) is 5.90. The number of halogens is 5. The van der Waals surface area contributed by atoms with Gasteiger partial charge in [-0.05, 0) is 55.2 Å². The van der Waals surface area contributed by atoms with Crippen LogP contribution in [0.15, 0.2) is 76.3 Å². The molecule has 7 nitrogen and oxygen atoms in total. The Morgan fingerprint density at radius 2 is 1.70 bits per heavy atom. The van der Waals surface area contributed by atoms with Crippen molar-refractivity contribution in [3.05, 3.63) is 137 Å². The van der Waals surface area contributed by atoms with Gasteiger partial charge >= 0.3 is 11.9 Å². The highest BCUT2D eigenvalue weighted by Gasteiger charge is 2.47. The molecule has 1 aromatic heterocycles. The van der Waals surface area contributed by atoms with Crippen LogP contribution in [0.25, 0.3) is 0 Å². The number of alkyl halides is 3. The Hall–Kier alpha value is -3.77. The first-order valence-corrected chi connectivity index (χ1v) is 15.4. The van der Waals surface area contributed by atoms with Gasteiger partial charge in [0.25, 0.3) is 5.56 Å². The number of nitrogens with two attached hydrogens (primary N) is 1. The van der Waals surface area contributed by atoms with Crippen LogP contribution in [-0.4, -0.2) is 27.1 Å². The summed E-state index contributed by atoms with van der Waals surface area (Å²) in [6, 6.07) is 16.8. The fourth-order valence-corrected chi connectivity index (χ4v) is 6.87. The summed E-state index contributed by atoms with van der Waals surface area (Å²) in [5.41, 5.74) is 5.12. The molecule has 2 N–H and O–H groups in total. The molecule has 1 saturated heterocycles. The van der Waals surface area contributed by atoms with Gasteiger partial charge in [0.15, 0.2) is 0 Å². The minimum absolute atomic E-state index is 0.162. The number of aryl methyl sites for hydroxylation is 1. The van der Waals surface area contributed by atoms with Crippen LogP contribution in [0.2, 0.25) is 5.02 Å². The van der Waals surface area contributed by atoms with E-state index in [1.165, 1.54) is 0 Å². The standard InChI is InChI=1S/C34H33ClF4N4O3/c1-21-5-2-7-23(15-21)28(40)19-43-31(44)30-29(42(32(43)45)18-25-26(34(37,38)39)9-4-10-27(25)36)20-46-33(30)11-13-41(14-12-33)17-22-6-3-8-24(35)16-22/h2-10,15-16,28H,11-14,17-20,40H2,1H3. The van der Waals surface area contributed by atoms with Crippen molar-refractivity contribution in [1.29, 1.82) is 0 Å². The molecular formula is C34H33ClF4N4O3. The van der Waals surface area contributed by atoms with Gasteiger partial charge in [0, 0.05) is 36.3 Å². The molecule has 0 aliphatic carbocycles. The lowest BCUT2D eigenvalue weighted by molar-refractivity contribution is -0.138. The summed E-state index contributed by atoms with van der Waals surface area (Å²) in [6.07, 6.45) is -4.05. The molecule has 46 heavy (non-hydrogen) atoms. The van der Waals surface area contributed by atoms with Crippen LogP contribution < -0.4 is 17.0 Å². The molecular weight excluding hydrogens is 624 g/mol. The van der Waals surface area contributed by atoms with Gasteiger partial charge in [0.1, 0.15) is 11.4 Å². The molecule has 1 unspecified atom stereocenters. The number of piperidine rings is 1. The van der Waals surface area contributed by atoms with E-state index in [2.05, 4.69) is 4.90 Å². The number of fused-ring (bicyclic) bond motifs is 2. The Balaban J connectivity index is 1.42. The van der Waals surface area contributed by atoms with Gasteiger partial charge in [0.05, 0.1) is 36.5 Å². The molecule has 0 amide bonds. The Labute approximate surface area is 267 Å². The molecule has 1 spiro atoms. The lowest BCUT2D eigenvalue weighted by Gasteiger charge is -2.39.